The molecule has 0 N–H and O–H groups in total. The Balaban J connectivity index is 4.61. The largest absolute Gasteiger partial charge is 0.462 e. The average Bonchev–Trinajstić information content (AvgIpc) is 3.38. The van der Waals surface area contributed by atoms with Crippen molar-refractivity contribution in [3.05, 3.63) is 170 Å². The van der Waals surface area contributed by atoms with Crippen molar-refractivity contribution in [2.75, 3.05) is 13.2 Å². The number of hydrogen-bond donors (Lipinski definition) is 0. The van der Waals surface area contributed by atoms with E-state index in [1.165, 1.54) is 0 Å². The molecule has 0 bridgehead atoms. The van der Waals surface area contributed by atoms with Crippen LogP contribution in [0.25, 0.3) is 0 Å². The van der Waals surface area contributed by atoms with Crippen LogP contribution < -0.4 is 0 Å². The smallest absolute Gasteiger partial charge is 0.306 e. The molecule has 0 aliphatic carbocycles. The van der Waals surface area contributed by atoms with Crippen LogP contribution in [-0.2, 0) is 28.6 Å². The summed E-state index contributed by atoms with van der Waals surface area (Å²) in [6, 6.07) is 0. The van der Waals surface area contributed by atoms with E-state index in [1.54, 1.807) is 0 Å². The minimum atomic E-state index is -0.833. The Labute approximate surface area is 441 Å². The Morgan fingerprint density at radius 1 is 0.278 bits per heavy atom. The van der Waals surface area contributed by atoms with E-state index < -0.39 is 6.10 Å². The summed E-state index contributed by atoms with van der Waals surface area (Å²) in [5, 5.41) is 0. The first kappa shape index (κ1) is 66.8. The maximum absolute atomic E-state index is 12.9. The van der Waals surface area contributed by atoms with Gasteiger partial charge in [0.05, 0.1) is 0 Å². The maximum Gasteiger partial charge on any atom is 0.306 e. The lowest BCUT2D eigenvalue weighted by Crippen LogP contribution is -2.30. The topological polar surface area (TPSA) is 78.9 Å². The van der Waals surface area contributed by atoms with Crippen molar-refractivity contribution >= 4 is 17.9 Å². The number of allylic oxidation sites excluding steroid dienone is 28. The fourth-order valence-electron chi connectivity index (χ4n) is 6.84. The number of carbonyl (C=O) groups excluding carboxylic acids is 3. The minimum Gasteiger partial charge on any atom is -0.462 e. The molecule has 0 spiro atoms. The van der Waals surface area contributed by atoms with Gasteiger partial charge in [0.2, 0.25) is 0 Å². The van der Waals surface area contributed by atoms with Gasteiger partial charge in [-0.05, 0) is 148 Å². The van der Waals surface area contributed by atoms with Gasteiger partial charge < -0.3 is 14.2 Å². The van der Waals surface area contributed by atoms with E-state index in [2.05, 4.69) is 191 Å². The van der Waals surface area contributed by atoms with Crippen molar-refractivity contribution in [1.82, 2.24) is 0 Å². The molecule has 1 unspecified atom stereocenters. The lowest BCUT2D eigenvalue weighted by molar-refractivity contribution is -0.167. The predicted octanol–water partition coefficient (Wildman–Crippen LogP) is 19.1. The number of unbranched alkanes of at least 4 members (excludes halogenated alkanes) is 9. The summed E-state index contributed by atoms with van der Waals surface area (Å²) in [5.41, 5.74) is 0. The molecule has 0 saturated carbocycles. The van der Waals surface area contributed by atoms with Crippen LogP contribution in [0.2, 0.25) is 0 Å². The average molecular weight is 990 g/mol. The van der Waals surface area contributed by atoms with Gasteiger partial charge in [0, 0.05) is 19.3 Å². The highest BCUT2D eigenvalue weighted by molar-refractivity contribution is 5.71. The molecule has 0 saturated heterocycles. The van der Waals surface area contributed by atoms with E-state index in [0.29, 0.717) is 19.3 Å². The van der Waals surface area contributed by atoms with E-state index in [9.17, 15) is 14.4 Å². The lowest BCUT2D eigenvalue weighted by Gasteiger charge is -2.18. The van der Waals surface area contributed by atoms with Gasteiger partial charge in [-0.3, -0.25) is 14.4 Å². The monoisotopic (exact) mass is 989 g/mol. The first-order valence-corrected chi connectivity index (χ1v) is 28.1. The van der Waals surface area contributed by atoms with Gasteiger partial charge in [-0.1, -0.05) is 210 Å². The second-order valence-corrected chi connectivity index (χ2v) is 17.7. The molecule has 0 aliphatic heterocycles. The Kier molecular flexibility index (Phi) is 54.1. The first-order valence-electron chi connectivity index (χ1n) is 28.1. The Bertz CT molecular complexity index is 1700. The second-order valence-electron chi connectivity index (χ2n) is 17.7. The molecule has 0 aliphatic rings. The van der Waals surface area contributed by atoms with Gasteiger partial charge in [-0.25, -0.2) is 0 Å². The molecule has 0 amide bonds. The number of rotatable bonds is 48. The second kappa shape index (κ2) is 58.3. The molecule has 6 heteroatoms. The summed E-state index contributed by atoms with van der Waals surface area (Å²) in [7, 11) is 0. The van der Waals surface area contributed by atoms with Crippen molar-refractivity contribution in [2.45, 2.75) is 213 Å². The third-order valence-electron chi connectivity index (χ3n) is 10.9. The molecule has 0 radical (unpaired) electrons. The molecular formula is C66H100O6. The zero-order chi connectivity index (χ0) is 52.2. The molecular weight excluding hydrogens is 889 g/mol. The van der Waals surface area contributed by atoms with E-state index in [4.69, 9.17) is 14.2 Å². The van der Waals surface area contributed by atoms with E-state index >= 15 is 0 Å². The summed E-state index contributed by atoms with van der Waals surface area (Å²) < 4.78 is 16.8. The predicted molar refractivity (Wildman–Crippen MR) is 311 cm³/mol. The van der Waals surface area contributed by atoms with Crippen LogP contribution in [0, 0.1) is 0 Å². The molecule has 0 heterocycles. The SMILES string of the molecule is CC/C=C\C/C=C\C/C=C\C/C=C\C/C=C\CCCCCC(=O)OCC(COC(=O)CCCCC/C=C\C/C=C\C/C=C\C/C=C\CC)OC(=O)CCCCC/C=C\C/C=C\C/C=C\C/C=C\C/C=C\CC. The molecule has 0 aromatic heterocycles. The van der Waals surface area contributed by atoms with E-state index in [-0.39, 0.29) is 37.5 Å². The quantitative estimate of drug-likeness (QED) is 0.0262. The summed E-state index contributed by atoms with van der Waals surface area (Å²) >= 11 is 0. The van der Waals surface area contributed by atoms with Crippen molar-refractivity contribution in [3.63, 3.8) is 0 Å². The summed E-state index contributed by atoms with van der Waals surface area (Å²) in [4.78, 5) is 38.2. The molecule has 0 fully saturated rings. The van der Waals surface area contributed by atoms with Crippen LogP contribution >= 0.6 is 0 Å². The summed E-state index contributed by atoms with van der Waals surface area (Å²) in [5.74, 6) is -1.03. The fourth-order valence-corrected chi connectivity index (χ4v) is 6.84. The third kappa shape index (κ3) is 55.7. The minimum absolute atomic E-state index is 0.128. The van der Waals surface area contributed by atoms with Crippen LogP contribution in [0.4, 0.5) is 0 Å². The lowest BCUT2D eigenvalue weighted by atomic mass is 10.1. The van der Waals surface area contributed by atoms with Crippen molar-refractivity contribution in [3.8, 4) is 0 Å². The highest BCUT2D eigenvalue weighted by atomic mass is 16.6. The third-order valence-corrected chi connectivity index (χ3v) is 10.9. The molecule has 1 atom stereocenters. The molecule has 0 rings (SSSR count). The van der Waals surface area contributed by atoms with Crippen LogP contribution in [0.1, 0.15) is 207 Å². The Hall–Kier alpha value is -5.23. The molecule has 6 nitrogen and oxygen atoms in total. The molecule has 0 aromatic rings. The molecule has 400 valence electrons. The summed E-state index contributed by atoms with van der Waals surface area (Å²) in [6.45, 7) is 6.19. The van der Waals surface area contributed by atoms with Gasteiger partial charge in [0.1, 0.15) is 13.2 Å². The van der Waals surface area contributed by atoms with Crippen LogP contribution in [-0.4, -0.2) is 37.2 Å². The van der Waals surface area contributed by atoms with Gasteiger partial charge in [0.25, 0.3) is 0 Å². The fraction of sp³-hybridized carbons (Fsp3) is 0.530. The Morgan fingerprint density at radius 2 is 0.500 bits per heavy atom. The van der Waals surface area contributed by atoms with Crippen molar-refractivity contribution < 1.29 is 28.6 Å². The van der Waals surface area contributed by atoms with E-state index in [0.717, 1.165) is 161 Å². The van der Waals surface area contributed by atoms with Gasteiger partial charge in [0.15, 0.2) is 6.10 Å². The zero-order valence-corrected chi connectivity index (χ0v) is 45.6. The molecule has 72 heavy (non-hydrogen) atoms. The van der Waals surface area contributed by atoms with Gasteiger partial charge in [-0.2, -0.15) is 0 Å². The van der Waals surface area contributed by atoms with Crippen molar-refractivity contribution in [1.29, 1.82) is 0 Å². The maximum atomic E-state index is 12.9. The number of esters is 3. The normalized spacial score (nSPS) is 13.4. The summed E-state index contributed by atoms with van der Waals surface area (Å²) in [6.07, 6.45) is 86.2. The number of carbonyl (C=O) groups is 3. The van der Waals surface area contributed by atoms with Crippen LogP contribution in [0.15, 0.2) is 170 Å². The van der Waals surface area contributed by atoms with Crippen LogP contribution in [0.5, 0.6) is 0 Å². The number of ether oxygens (including phenoxy) is 3. The van der Waals surface area contributed by atoms with Crippen molar-refractivity contribution in [2.24, 2.45) is 0 Å². The standard InChI is InChI=1S/C66H100O6/c1-4-7-10-13-16-19-22-25-28-31-33-35-38-41-44-47-50-53-56-59-65(68)71-62-63(61-70-64(67)58-55-52-49-46-43-40-37-30-27-24-21-18-15-12-9-6-3)72-66(69)60-57-54-51-48-45-42-39-36-34-32-29-26-23-20-17-14-11-8-5-2/h7-12,16-21,25-30,33-36,40-45,63H,4-6,13-15,22-24,31-32,37-39,46-62H2,1-3H3/b10-7-,11-8-,12-9-,19-16-,20-17-,21-18-,28-25-,29-26-,30-27-,35-33-,36-34-,43-40-,44-41-,45-42-. The first-order chi connectivity index (χ1) is 35.5. The van der Waals surface area contributed by atoms with Gasteiger partial charge >= 0.3 is 17.9 Å². The highest BCUT2D eigenvalue weighted by Gasteiger charge is 2.19. The van der Waals surface area contributed by atoms with Crippen LogP contribution in [0.3, 0.4) is 0 Å². The Morgan fingerprint density at radius 3 is 0.750 bits per heavy atom. The van der Waals surface area contributed by atoms with E-state index in [1.807, 2.05) is 0 Å². The molecule has 0 aromatic carbocycles. The zero-order valence-electron chi connectivity index (χ0n) is 45.6. The van der Waals surface area contributed by atoms with Gasteiger partial charge in [-0.15, -0.1) is 0 Å². The highest BCUT2D eigenvalue weighted by Crippen LogP contribution is 2.11. The number of hydrogen-bond acceptors (Lipinski definition) is 6.